The summed E-state index contributed by atoms with van der Waals surface area (Å²) in [4.78, 5) is 11.2. The molecule has 0 spiro atoms. The Morgan fingerprint density at radius 2 is 2.35 bits per heavy atom. The molecular formula is C13H22IN5S. The summed E-state index contributed by atoms with van der Waals surface area (Å²) in [5.74, 6) is 0.887. The van der Waals surface area contributed by atoms with E-state index in [1.54, 1.807) is 11.3 Å². The van der Waals surface area contributed by atoms with Gasteiger partial charge in [0.15, 0.2) is 5.96 Å². The molecule has 1 unspecified atom stereocenters. The SMILES string of the molecule is CN=C(NCc1nccs1)NC1CCN(C2CC2)C1.I. The first kappa shape index (κ1) is 16.0. The number of hydrogen-bond acceptors (Lipinski definition) is 4. The van der Waals surface area contributed by atoms with Gasteiger partial charge in [0.2, 0.25) is 0 Å². The van der Waals surface area contributed by atoms with Crippen LogP contribution in [0.15, 0.2) is 16.6 Å². The summed E-state index contributed by atoms with van der Waals surface area (Å²) in [5, 5.41) is 9.93. The third kappa shape index (κ3) is 4.29. The van der Waals surface area contributed by atoms with E-state index in [0.29, 0.717) is 6.04 Å². The van der Waals surface area contributed by atoms with Crippen molar-refractivity contribution in [3.8, 4) is 0 Å². The standard InChI is InChI=1S/C13H21N5S.HI/c1-14-13(16-8-12-15-5-7-19-12)17-10-4-6-18(9-10)11-2-3-11;/h5,7,10-11H,2-4,6,8-9H2,1H3,(H2,14,16,17);1H. The molecule has 1 atom stereocenters. The number of rotatable bonds is 4. The van der Waals surface area contributed by atoms with Gasteiger partial charge in [-0.05, 0) is 19.3 Å². The highest BCUT2D eigenvalue weighted by molar-refractivity contribution is 14.0. The van der Waals surface area contributed by atoms with Crippen molar-refractivity contribution in [2.45, 2.75) is 37.9 Å². The van der Waals surface area contributed by atoms with E-state index in [0.717, 1.165) is 30.1 Å². The molecule has 0 amide bonds. The van der Waals surface area contributed by atoms with Crippen LogP contribution in [-0.2, 0) is 6.54 Å². The van der Waals surface area contributed by atoms with E-state index in [9.17, 15) is 0 Å². The predicted molar refractivity (Wildman–Crippen MR) is 93.9 cm³/mol. The second kappa shape index (κ2) is 7.56. The highest BCUT2D eigenvalue weighted by atomic mass is 127. The van der Waals surface area contributed by atoms with E-state index in [2.05, 4.69) is 25.5 Å². The van der Waals surface area contributed by atoms with E-state index >= 15 is 0 Å². The third-order valence-corrected chi connectivity index (χ3v) is 4.52. The summed E-state index contributed by atoms with van der Waals surface area (Å²) in [5.41, 5.74) is 0. The third-order valence-electron chi connectivity index (χ3n) is 3.74. The Hall–Kier alpha value is -0.410. The number of nitrogens with zero attached hydrogens (tertiary/aromatic N) is 3. The second-order valence-electron chi connectivity index (χ2n) is 5.21. The van der Waals surface area contributed by atoms with Gasteiger partial charge in [0.05, 0.1) is 6.54 Å². The number of guanidine groups is 1. The van der Waals surface area contributed by atoms with Crippen molar-refractivity contribution in [3.63, 3.8) is 0 Å². The Kier molecular flexibility index (Phi) is 6.03. The van der Waals surface area contributed by atoms with Gasteiger partial charge in [0.25, 0.3) is 0 Å². The fraction of sp³-hybridized carbons (Fsp3) is 0.692. The van der Waals surface area contributed by atoms with Crippen LogP contribution in [0.1, 0.15) is 24.3 Å². The number of likely N-dealkylation sites (tertiary alicyclic amines) is 1. The zero-order chi connectivity index (χ0) is 13.1. The largest absolute Gasteiger partial charge is 0.352 e. The quantitative estimate of drug-likeness (QED) is 0.453. The second-order valence-corrected chi connectivity index (χ2v) is 6.19. The maximum Gasteiger partial charge on any atom is 0.191 e. The Labute approximate surface area is 141 Å². The van der Waals surface area contributed by atoms with Crippen LogP contribution in [-0.4, -0.2) is 48.1 Å². The lowest BCUT2D eigenvalue weighted by molar-refractivity contribution is 0.321. The Bertz CT molecular complexity index is 432. The summed E-state index contributed by atoms with van der Waals surface area (Å²) < 4.78 is 0. The van der Waals surface area contributed by atoms with Gasteiger partial charge in [-0.25, -0.2) is 4.98 Å². The normalized spacial score (nSPS) is 23.4. The lowest BCUT2D eigenvalue weighted by Gasteiger charge is -2.18. The molecule has 1 aromatic rings. The minimum atomic E-state index is 0. The van der Waals surface area contributed by atoms with Crippen molar-refractivity contribution < 1.29 is 0 Å². The Morgan fingerprint density at radius 1 is 1.50 bits per heavy atom. The van der Waals surface area contributed by atoms with E-state index in [4.69, 9.17) is 0 Å². The zero-order valence-electron chi connectivity index (χ0n) is 11.7. The number of halogens is 1. The molecule has 3 rings (SSSR count). The summed E-state index contributed by atoms with van der Waals surface area (Å²) in [7, 11) is 1.82. The number of nitrogens with one attached hydrogen (secondary N) is 2. The van der Waals surface area contributed by atoms with Gasteiger partial charge in [-0.3, -0.25) is 9.89 Å². The molecule has 1 aromatic heterocycles. The average molecular weight is 407 g/mol. The molecule has 0 aromatic carbocycles. The van der Waals surface area contributed by atoms with Gasteiger partial charge in [-0.2, -0.15) is 0 Å². The van der Waals surface area contributed by atoms with Crippen LogP contribution in [0, 0.1) is 0 Å². The molecule has 2 heterocycles. The van der Waals surface area contributed by atoms with E-state index in [1.165, 1.54) is 25.8 Å². The molecule has 2 aliphatic rings. The van der Waals surface area contributed by atoms with Gasteiger partial charge in [-0.1, -0.05) is 0 Å². The molecule has 2 fully saturated rings. The van der Waals surface area contributed by atoms with Crippen LogP contribution in [0.5, 0.6) is 0 Å². The lowest BCUT2D eigenvalue weighted by Crippen LogP contribution is -2.44. The summed E-state index contributed by atoms with van der Waals surface area (Å²) >= 11 is 1.67. The number of thiazole rings is 1. The lowest BCUT2D eigenvalue weighted by atomic mass is 10.3. The molecule has 1 aliphatic carbocycles. The maximum atomic E-state index is 4.29. The van der Waals surface area contributed by atoms with Crippen LogP contribution < -0.4 is 10.6 Å². The van der Waals surface area contributed by atoms with Gasteiger partial charge in [0.1, 0.15) is 5.01 Å². The molecule has 112 valence electrons. The van der Waals surface area contributed by atoms with Gasteiger partial charge in [-0.15, -0.1) is 35.3 Å². The molecule has 1 aliphatic heterocycles. The van der Waals surface area contributed by atoms with Crippen molar-refractivity contribution in [1.29, 1.82) is 0 Å². The molecule has 1 saturated carbocycles. The first-order valence-electron chi connectivity index (χ1n) is 6.95. The van der Waals surface area contributed by atoms with E-state index in [-0.39, 0.29) is 24.0 Å². The van der Waals surface area contributed by atoms with E-state index in [1.807, 2.05) is 18.6 Å². The van der Waals surface area contributed by atoms with Crippen LogP contribution in [0.25, 0.3) is 0 Å². The van der Waals surface area contributed by atoms with Crippen molar-refractivity contribution in [2.75, 3.05) is 20.1 Å². The van der Waals surface area contributed by atoms with Crippen molar-refractivity contribution in [3.05, 3.63) is 16.6 Å². The molecule has 1 saturated heterocycles. The fourth-order valence-corrected chi connectivity index (χ4v) is 3.12. The number of aromatic nitrogens is 1. The molecule has 5 nitrogen and oxygen atoms in total. The Morgan fingerprint density at radius 3 is 3.00 bits per heavy atom. The van der Waals surface area contributed by atoms with Crippen molar-refractivity contribution in [2.24, 2.45) is 4.99 Å². The van der Waals surface area contributed by atoms with Gasteiger partial charge >= 0.3 is 0 Å². The molecule has 0 bridgehead atoms. The smallest absolute Gasteiger partial charge is 0.191 e. The predicted octanol–water partition coefficient (Wildman–Crippen LogP) is 1.66. The first-order valence-corrected chi connectivity index (χ1v) is 7.82. The maximum absolute atomic E-state index is 4.29. The zero-order valence-corrected chi connectivity index (χ0v) is 14.9. The van der Waals surface area contributed by atoms with E-state index < -0.39 is 0 Å². The monoisotopic (exact) mass is 407 g/mol. The summed E-state index contributed by atoms with van der Waals surface area (Å²) in [6, 6.07) is 1.40. The van der Waals surface area contributed by atoms with Crippen molar-refractivity contribution >= 4 is 41.3 Å². The first-order chi connectivity index (χ1) is 9.35. The summed E-state index contributed by atoms with van der Waals surface area (Å²) in [6.07, 6.45) is 5.84. The molecule has 0 radical (unpaired) electrons. The Balaban J connectivity index is 0.00000147. The number of aliphatic imine (C=N–C) groups is 1. The molecule has 2 N–H and O–H groups in total. The minimum Gasteiger partial charge on any atom is -0.352 e. The van der Waals surface area contributed by atoms with Crippen molar-refractivity contribution in [1.82, 2.24) is 20.5 Å². The topological polar surface area (TPSA) is 52.6 Å². The van der Waals surface area contributed by atoms with Crippen LogP contribution in [0.3, 0.4) is 0 Å². The highest BCUT2D eigenvalue weighted by Crippen LogP contribution is 2.29. The van der Waals surface area contributed by atoms with Gasteiger partial charge < -0.3 is 10.6 Å². The number of hydrogen-bond donors (Lipinski definition) is 2. The molecule has 7 heteroatoms. The van der Waals surface area contributed by atoms with Crippen LogP contribution in [0.2, 0.25) is 0 Å². The average Bonchev–Trinajstić information content (AvgIpc) is 2.96. The minimum absolute atomic E-state index is 0. The molecular weight excluding hydrogens is 385 g/mol. The van der Waals surface area contributed by atoms with Crippen LogP contribution in [0.4, 0.5) is 0 Å². The summed E-state index contributed by atoms with van der Waals surface area (Å²) in [6.45, 7) is 3.13. The highest BCUT2D eigenvalue weighted by Gasteiger charge is 2.34. The van der Waals surface area contributed by atoms with Gasteiger partial charge in [0, 0.05) is 43.8 Å². The molecule has 20 heavy (non-hydrogen) atoms. The fourth-order valence-electron chi connectivity index (χ4n) is 2.56. The van der Waals surface area contributed by atoms with Crippen LogP contribution >= 0.6 is 35.3 Å².